The Morgan fingerprint density at radius 1 is 1.16 bits per heavy atom. The van der Waals surface area contributed by atoms with Crippen molar-refractivity contribution in [1.82, 2.24) is 9.78 Å². The molecule has 1 aromatic heterocycles. The molecule has 0 aliphatic heterocycles. The zero-order chi connectivity index (χ0) is 18.0. The number of carbonyl (C=O) groups is 1. The molecule has 0 aliphatic carbocycles. The van der Waals surface area contributed by atoms with Crippen LogP contribution < -0.4 is 5.56 Å². The van der Waals surface area contributed by atoms with Crippen molar-refractivity contribution in [3.05, 3.63) is 80.3 Å². The first-order valence-corrected chi connectivity index (χ1v) is 7.34. The van der Waals surface area contributed by atoms with Crippen LogP contribution in [0.2, 0.25) is 0 Å². The summed E-state index contributed by atoms with van der Waals surface area (Å²) in [6, 6.07) is 12.6. The Morgan fingerprint density at radius 2 is 1.80 bits per heavy atom. The van der Waals surface area contributed by atoms with Crippen LogP contribution in [0, 0.1) is 10.1 Å². The fourth-order valence-corrected chi connectivity index (χ4v) is 2.47. The molecule has 0 fully saturated rings. The van der Waals surface area contributed by atoms with Gasteiger partial charge in [0.25, 0.3) is 11.2 Å². The van der Waals surface area contributed by atoms with Gasteiger partial charge in [0.2, 0.25) is 0 Å². The van der Waals surface area contributed by atoms with Crippen LogP contribution in [0.3, 0.4) is 0 Å². The maximum atomic E-state index is 12.4. The molecule has 0 amide bonds. The van der Waals surface area contributed by atoms with Gasteiger partial charge in [-0.05, 0) is 12.1 Å². The van der Waals surface area contributed by atoms with Gasteiger partial charge in [-0.15, -0.1) is 0 Å². The molecule has 0 saturated carbocycles. The number of para-hydroxylation sites is 1. The quantitative estimate of drug-likeness (QED) is 0.410. The molecule has 3 aromatic rings. The normalized spacial score (nSPS) is 10.6. The third-order valence-corrected chi connectivity index (χ3v) is 3.70. The Morgan fingerprint density at radius 3 is 2.52 bits per heavy atom. The fourth-order valence-electron chi connectivity index (χ4n) is 2.47. The van der Waals surface area contributed by atoms with Gasteiger partial charge in [0.1, 0.15) is 6.61 Å². The summed E-state index contributed by atoms with van der Waals surface area (Å²) in [5.41, 5.74) is -0.203. The Balaban J connectivity index is 1.93. The summed E-state index contributed by atoms with van der Waals surface area (Å²) in [5, 5.41) is 15.7. The van der Waals surface area contributed by atoms with Crippen LogP contribution in [0.15, 0.2) is 53.3 Å². The molecule has 0 aliphatic rings. The number of benzene rings is 2. The fraction of sp³-hybridized carbons (Fsp3) is 0.118. The van der Waals surface area contributed by atoms with E-state index in [1.807, 2.05) is 0 Å². The molecule has 2 aromatic carbocycles. The number of ether oxygens (including phenoxy) is 1. The molecule has 1 heterocycles. The molecular formula is C17H13N3O5. The van der Waals surface area contributed by atoms with Crippen LogP contribution in [0.4, 0.5) is 5.69 Å². The molecule has 0 unspecified atom stereocenters. The lowest BCUT2D eigenvalue weighted by atomic mass is 10.1. The second-order valence-corrected chi connectivity index (χ2v) is 5.28. The minimum atomic E-state index is -0.759. The van der Waals surface area contributed by atoms with Crippen LogP contribution >= 0.6 is 0 Å². The van der Waals surface area contributed by atoms with E-state index < -0.39 is 10.9 Å². The summed E-state index contributed by atoms with van der Waals surface area (Å²) < 4.78 is 6.25. The van der Waals surface area contributed by atoms with Crippen molar-refractivity contribution in [2.45, 2.75) is 6.61 Å². The van der Waals surface area contributed by atoms with Gasteiger partial charge in [0, 0.05) is 18.5 Å². The van der Waals surface area contributed by atoms with Crippen molar-refractivity contribution >= 4 is 22.4 Å². The lowest BCUT2D eigenvalue weighted by molar-refractivity contribution is -0.385. The number of hydrogen-bond acceptors (Lipinski definition) is 6. The summed E-state index contributed by atoms with van der Waals surface area (Å²) in [6.07, 6.45) is 0. The number of esters is 1. The standard InChI is InChI=1S/C17H13N3O5/c1-19-16(21)13-8-4-3-7-12(13)15(18-19)17(22)25-10-11-6-2-5-9-14(11)20(23)24/h2-9H,10H2,1H3. The molecule has 8 heteroatoms. The van der Waals surface area contributed by atoms with E-state index in [1.54, 1.807) is 30.3 Å². The summed E-state index contributed by atoms with van der Waals surface area (Å²) in [4.78, 5) is 35.0. The molecule has 126 valence electrons. The summed E-state index contributed by atoms with van der Waals surface area (Å²) in [7, 11) is 1.44. The monoisotopic (exact) mass is 339 g/mol. The van der Waals surface area contributed by atoms with Crippen molar-refractivity contribution in [1.29, 1.82) is 0 Å². The van der Waals surface area contributed by atoms with E-state index in [2.05, 4.69) is 5.10 Å². The SMILES string of the molecule is Cn1nc(C(=O)OCc2ccccc2[N+](=O)[O-])c2ccccc2c1=O. The van der Waals surface area contributed by atoms with Crippen molar-refractivity contribution < 1.29 is 14.5 Å². The van der Waals surface area contributed by atoms with E-state index in [-0.39, 0.29) is 29.1 Å². The Kier molecular flexibility index (Phi) is 4.25. The highest BCUT2D eigenvalue weighted by Gasteiger charge is 2.19. The predicted molar refractivity (Wildman–Crippen MR) is 89.2 cm³/mol. The Hall–Kier alpha value is -3.55. The highest BCUT2D eigenvalue weighted by Crippen LogP contribution is 2.20. The first-order valence-electron chi connectivity index (χ1n) is 7.34. The summed E-state index contributed by atoms with van der Waals surface area (Å²) >= 11 is 0. The van der Waals surface area contributed by atoms with E-state index in [0.29, 0.717) is 10.8 Å². The van der Waals surface area contributed by atoms with Gasteiger partial charge >= 0.3 is 5.97 Å². The van der Waals surface area contributed by atoms with Gasteiger partial charge in [-0.3, -0.25) is 14.9 Å². The zero-order valence-corrected chi connectivity index (χ0v) is 13.2. The van der Waals surface area contributed by atoms with Crippen molar-refractivity contribution in [2.24, 2.45) is 7.05 Å². The minimum Gasteiger partial charge on any atom is -0.456 e. The highest BCUT2D eigenvalue weighted by molar-refractivity contribution is 6.02. The van der Waals surface area contributed by atoms with Crippen LogP contribution in [0.1, 0.15) is 16.1 Å². The number of hydrogen-bond donors (Lipinski definition) is 0. The number of aryl methyl sites for hydroxylation is 1. The van der Waals surface area contributed by atoms with E-state index in [0.717, 1.165) is 4.68 Å². The Labute approximate surface area is 141 Å². The number of nitro groups is 1. The third kappa shape index (κ3) is 3.09. The maximum absolute atomic E-state index is 12.4. The highest BCUT2D eigenvalue weighted by atomic mass is 16.6. The molecule has 0 bridgehead atoms. The van der Waals surface area contributed by atoms with Crippen LogP contribution in [-0.4, -0.2) is 20.7 Å². The van der Waals surface area contributed by atoms with Crippen molar-refractivity contribution in [3.63, 3.8) is 0 Å². The van der Waals surface area contributed by atoms with Crippen LogP contribution in [0.5, 0.6) is 0 Å². The number of aromatic nitrogens is 2. The maximum Gasteiger partial charge on any atom is 0.359 e. The molecule has 0 radical (unpaired) electrons. The molecular weight excluding hydrogens is 326 g/mol. The second-order valence-electron chi connectivity index (χ2n) is 5.28. The molecule has 8 nitrogen and oxygen atoms in total. The second kappa shape index (κ2) is 6.52. The van der Waals surface area contributed by atoms with E-state index in [1.165, 1.54) is 25.2 Å². The minimum absolute atomic E-state index is 0.0173. The topological polar surface area (TPSA) is 104 Å². The number of nitro benzene ring substituents is 1. The van der Waals surface area contributed by atoms with Gasteiger partial charge < -0.3 is 4.74 Å². The van der Waals surface area contributed by atoms with Gasteiger partial charge in [0.05, 0.1) is 15.9 Å². The smallest absolute Gasteiger partial charge is 0.359 e. The molecule has 3 rings (SSSR count). The number of nitrogens with zero attached hydrogens (tertiary/aromatic N) is 3. The molecule has 0 N–H and O–H groups in total. The average molecular weight is 339 g/mol. The Bertz CT molecular complexity index is 1040. The van der Waals surface area contributed by atoms with E-state index in [9.17, 15) is 19.7 Å². The number of rotatable bonds is 4. The lowest BCUT2D eigenvalue weighted by Crippen LogP contribution is -2.23. The molecule has 0 saturated heterocycles. The van der Waals surface area contributed by atoms with Gasteiger partial charge in [-0.1, -0.05) is 30.3 Å². The van der Waals surface area contributed by atoms with Gasteiger partial charge in [0.15, 0.2) is 5.69 Å². The largest absolute Gasteiger partial charge is 0.456 e. The molecule has 0 atom stereocenters. The molecule has 25 heavy (non-hydrogen) atoms. The first-order chi connectivity index (χ1) is 12.0. The lowest BCUT2D eigenvalue weighted by Gasteiger charge is -2.08. The van der Waals surface area contributed by atoms with E-state index in [4.69, 9.17) is 4.74 Å². The van der Waals surface area contributed by atoms with Crippen molar-refractivity contribution in [3.8, 4) is 0 Å². The average Bonchev–Trinajstić information content (AvgIpc) is 2.63. The summed E-state index contributed by atoms with van der Waals surface area (Å²) in [6.45, 7) is -0.269. The third-order valence-electron chi connectivity index (χ3n) is 3.70. The van der Waals surface area contributed by atoms with Crippen molar-refractivity contribution in [2.75, 3.05) is 0 Å². The van der Waals surface area contributed by atoms with Crippen LogP contribution in [-0.2, 0) is 18.4 Å². The summed E-state index contributed by atoms with van der Waals surface area (Å²) in [5.74, 6) is -0.759. The van der Waals surface area contributed by atoms with Crippen LogP contribution in [0.25, 0.3) is 10.8 Å². The van der Waals surface area contributed by atoms with Gasteiger partial charge in [-0.25, -0.2) is 9.48 Å². The number of fused-ring (bicyclic) bond motifs is 1. The van der Waals surface area contributed by atoms with E-state index >= 15 is 0 Å². The molecule has 0 spiro atoms. The predicted octanol–water partition coefficient (Wildman–Crippen LogP) is 2.20. The zero-order valence-electron chi connectivity index (χ0n) is 13.2. The first kappa shape index (κ1) is 16.3. The number of carbonyl (C=O) groups excluding carboxylic acids is 1. The van der Waals surface area contributed by atoms with Gasteiger partial charge in [-0.2, -0.15) is 5.10 Å².